The van der Waals surface area contributed by atoms with Gasteiger partial charge >= 0.3 is 35.7 Å². The van der Waals surface area contributed by atoms with Crippen LogP contribution in [0.2, 0.25) is 0 Å². The first-order valence-corrected chi connectivity index (χ1v) is 7.58. The summed E-state index contributed by atoms with van der Waals surface area (Å²) in [6.07, 6.45) is 0. The molecule has 0 rings (SSSR count). The normalized spacial score (nSPS) is 23.1. The third kappa shape index (κ3) is 1590. The zero-order valence-electron chi connectivity index (χ0n) is 2.68. The Morgan fingerprint density at radius 1 is 0.571 bits per heavy atom. The molecule has 0 spiro atoms. The van der Waals surface area contributed by atoms with Crippen molar-refractivity contribution in [1.82, 2.24) is 0 Å². The second kappa shape index (κ2) is 0.746. The van der Waals surface area contributed by atoms with Crippen molar-refractivity contribution in [3.63, 3.8) is 0 Å². The predicted octanol–water partition coefficient (Wildman–Crippen LogP) is 2.52. The van der Waals surface area contributed by atoms with Gasteiger partial charge in [0.15, 0.2) is 0 Å². The molecule has 0 amide bonds. The van der Waals surface area contributed by atoms with Crippen molar-refractivity contribution in [2.45, 2.75) is 0 Å². The van der Waals surface area contributed by atoms with E-state index in [9.17, 15) is 18.9 Å². The van der Waals surface area contributed by atoms with Gasteiger partial charge in [-0.2, -0.15) is 0 Å². The van der Waals surface area contributed by atoms with Crippen molar-refractivity contribution in [2.24, 2.45) is 0 Å². The van der Waals surface area contributed by atoms with Crippen molar-refractivity contribution in [1.29, 1.82) is 0 Å². The molecule has 0 aliphatic carbocycles. The SMILES string of the molecule is [F][W]([F])([F])([F])([F])[F]. The molecule has 0 bridgehead atoms. The number of hydrogen-bond acceptors (Lipinski definition) is 0. The average molecular weight is 298 g/mol. The third-order valence-electron chi connectivity index (χ3n) is 0. The Hall–Kier alpha value is 0.268. The molecule has 0 radical (unpaired) electrons. The summed E-state index contributed by atoms with van der Waals surface area (Å²) in [4.78, 5) is 0. The van der Waals surface area contributed by atoms with Crippen LogP contribution in [0.4, 0.5) is 18.9 Å². The Morgan fingerprint density at radius 3 is 0.571 bits per heavy atom. The average Bonchev–Trinajstić information content (AvgIpc) is 0.592. The molecule has 7 heteroatoms. The first-order valence-electron chi connectivity index (χ1n) is 0.926. The molecule has 0 atom stereocenters. The third-order valence-corrected chi connectivity index (χ3v) is 0. The van der Waals surface area contributed by atoms with Gasteiger partial charge < -0.3 is 0 Å². The summed E-state index contributed by atoms with van der Waals surface area (Å²) in [5.74, 6) is 0. The fourth-order valence-corrected chi connectivity index (χ4v) is 0. The molecule has 0 aromatic carbocycles. The number of rotatable bonds is 0. The van der Waals surface area contributed by atoms with E-state index >= 15 is 0 Å². The van der Waals surface area contributed by atoms with Gasteiger partial charge in [0, 0.05) is 0 Å². The first-order chi connectivity index (χ1) is 2.45. The molecular formula is F6W. The molecule has 48 valence electrons. The fraction of sp³-hybridized carbons (Fsp3) is 0. The Bertz CT molecular complexity index is 62.7. The van der Waals surface area contributed by atoms with E-state index in [1.54, 1.807) is 0 Å². The van der Waals surface area contributed by atoms with Crippen LogP contribution in [0.25, 0.3) is 0 Å². The van der Waals surface area contributed by atoms with Crippen molar-refractivity contribution in [3.8, 4) is 0 Å². The standard InChI is InChI=1S/6FH.W/h6*1H;/q;;;;;;+6/p-6. The minimum atomic E-state index is -11.3. The maximum atomic E-state index is 9.93. The molecule has 0 nitrogen and oxygen atoms in total. The molecule has 0 fully saturated rings. The summed E-state index contributed by atoms with van der Waals surface area (Å²) < 4.78 is 59.6. The van der Waals surface area contributed by atoms with Gasteiger partial charge in [0.05, 0.1) is 0 Å². The van der Waals surface area contributed by atoms with Crippen molar-refractivity contribution < 1.29 is 35.7 Å². The van der Waals surface area contributed by atoms with Gasteiger partial charge in [-0.25, -0.2) is 0 Å². The molecule has 0 unspecified atom stereocenters. The van der Waals surface area contributed by atoms with Gasteiger partial charge in [-0.3, -0.25) is 0 Å². The van der Waals surface area contributed by atoms with Crippen LogP contribution in [0.1, 0.15) is 0 Å². The van der Waals surface area contributed by atoms with Crippen LogP contribution in [0.15, 0.2) is 0 Å². The molecule has 0 aliphatic heterocycles. The van der Waals surface area contributed by atoms with E-state index in [0.29, 0.717) is 0 Å². The van der Waals surface area contributed by atoms with Gasteiger partial charge in [0.1, 0.15) is 0 Å². The van der Waals surface area contributed by atoms with E-state index in [1.165, 1.54) is 0 Å². The van der Waals surface area contributed by atoms with Gasteiger partial charge in [-0.1, -0.05) is 0 Å². The van der Waals surface area contributed by atoms with Crippen LogP contribution in [0.5, 0.6) is 0 Å². The molecule has 0 aromatic heterocycles. The Kier molecular flexibility index (Phi) is 0.775. The van der Waals surface area contributed by atoms with E-state index in [1.807, 2.05) is 0 Å². The van der Waals surface area contributed by atoms with E-state index in [-0.39, 0.29) is 0 Å². The van der Waals surface area contributed by atoms with Gasteiger partial charge in [0.2, 0.25) is 0 Å². The molecule has 0 aliphatic rings. The maximum absolute atomic E-state index is 11.3. The summed E-state index contributed by atoms with van der Waals surface area (Å²) in [5, 5.41) is 0. The first kappa shape index (κ1) is 7.27. The topological polar surface area (TPSA) is 0 Å². The molecule has 0 heterocycles. The van der Waals surface area contributed by atoms with Crippen LogP contribution in [0.3, 0.4) is 0 Å². The van der Waals surface area contributed by atoms with Crippen molar-refractivity contribution >= 4 is 0 Å². The summed E-state index contributed by atoms with van der Waals surface area (Å²) in [6.45, 7) is 0. The molecule has 0 N–H and O–H groups in total. The molecular weight excluding hydrogens is 298 g/mol. The van der Waals surface area contributed by atoms with E-state index in [0.717, 1.165) is 0 Å². The number of hydrogen-bond donors (Lipinski definition) is 0. The summed E-state index contributed by atoms with van der Waals surface area (Å²) in [5.41, 5.74) is 0. The fourth-order valence-electron chi connectivity index (χ4n) is 0. The molecule has 0 saturated heterocycles. The van der Waals surface area contributed by atoms with E-state index in [2.05, 4.69) is 0 Å². The predicted molar refractivity (Wildman–Crippen MR) is 6.65 cm³/mol. The minimum absolute atomic E-state index is 9.93. The Morgan fingerprint density at radius 2 is 0.571 bits per heavy atom. The van der Waals surface area contributed by atoms with Crippen LogP contribution in [-0.4, -0.2) is 0 Å². The Labute approximate surface area is 36.5 Å². The van der Waals surface area contributed by atoms with Gasteiger partial charge in [0.25, 0.3) is 0 Å². The Balaban J connectivity index is 4.43. The van der Waals surface area contributed by atoms with Crippen LogP contribution in [0, 0.1) is 0 Å². The summed E-state index contributed by atoms with van der Waals surface area (Å²) in [6, 6.07) is 0. The molecule has 7 heavy (non-hydrogen) atoms. The number of halogens is 6. The monoisotopic (exact) mass is 298 g/mol. The second-order valence-corrected chi connectivity index (χ2v) is 7.16. The summed E-state index contributed by atoms with van der Waals surface area (Å²) in [7, 11) is 0. The molecule has 0 aromatic rings. The zero-order chi connectivity index (χ0) is 6.41. The van der Waals surface area contributed by atoms with Gasteiger partial charge in [-0.05, 0) is 0 Å². The van der Waals surface area contributed by atoms with Crippen LogP contribution >= 0.6 is 0 Å². The zero-order valence-corrected chi connectivity index (χ0v) is 5.61. The van der Waals surface area contributed by atoms with Crippen LogP contribution < -0.4 is 0 Å². The van der Waals surface area contributed by atoms with E-state index < -0.39 is 16.7 Å². The van der Waals surface area contributed by atoms with Crippen molar-refractivity contribution in [3.05, 3.63) is 0 Å². The molecule has 0 saturated carbocycles. The van der Waals surface area contributed by atoms with Crippen molar-refractivity contribution in [2.75, 3.05) is 0 Å². The van der Waals surface area contributed by atoms with Crippen LogP contribution in [-0.2, 0) is 16.7 Å². The summed E-state index contributed by atoms with van der Waals surface area (Å²) >= 11 is -11.3. The quantitative estimate of drug-likeness (QED) is 0.603. The van der Waals surface area contributed by atoms with E-state index in [4.69, 9.17) is 0 Å². The second-order valence-electron chi connectivity index (χ2n) is 0.875. The van der Waals surface area contributed by atoms with Gasteiger partial charge in [-0.15, -0.1) is 0 Å².